The fourth-order valence-corrected chi connectivity index (χ4v) is 1.46. The van der Waals surface area contributed by atoms with Gasteiger partial charge in [-0.2, -0.15) is 0 Å². The van der Waals surface area contributed by atoms with Gasteiger partial charge in [0.1, 0.15) is 5.75 Å². The van der Waals surface area contributed by atoms with Crippen LogP contribution in [0.3, 0.4) is 0 Å². The van der Waals surface area contributed by atoms with Gasteiger partial charge in [0.15, 0.2) is 0 Å². The first-order valence-corrected chi connectivity index (χ1v) is 4.37. The molecule has 0 saturated carbocycles. The van der Waals surface area contributed by atoms with Gasteiger partial charge in [0.2, 0.25) is 0 Å². The Morgan fingerprint density at radius 1 is 1.47 bits per heavy atom. The third-order valence-corrected chi connectivity index (χ3v) is 2.25. The second-order valence-corrected chi connectivity index (χ2v) is 3.20. The van der Waals surface area contributed by atoms with E-state index in [1.165, 1.54) is 11.9 Å². The number of carbonyl (C=O) groups excluding carboxylic acids is 1. The summed E-state index contributed by atoms with van der Waals surface area (Å²) in [7, 11) is 1.53. The lowest BCUT2D eigenvalue weighted by molar-refractivity contribution is -0.150. The molecule has 0 radical (unpaired) electrons. The number of fused-ring (bicyclic) bond motifs is 1. The molecule has 0 aliphatic carbocycles. The summed E-state index contributed by atoms with van der Waals surface area (Å²) in [4.78, 5) is 23.6. The smallest absolute Gasteiger partial charge is 0.354 e. The first kappa shape index (κ1) is 9.51. The zero-order valence-electron chi connectivity index (χ0n) is 8.01. The summed E-state index contributed by atoms with van der Waals surface area (Å²) in [6, 6.07) is 6.81. The molecule has 0 bridgehead atoms. The molecule has 1 amide bonds. The Morgan fingerprint density at radius 2 is 2.13 bits per heavy atom. The van der Waals surface area contributed by atoms with Gasteiger partial charge in [-0.25, -0.2) is 4.79 Å². The third-order valence-electron chi connectivity index (χ3n) is 2.25. The lowest BCUT2D eigenvalue weighted by Crippen LogP contribution is -2.48. The molecule has 5 nitrogen and oxygen atoms in total. The maximum atomic E-state index is 11.5. The van der Waals surface area contributed by atoms with Crippen molar-refractivity contribution in [2.75, 3.05) is 11.9 Å². The minimum atomic E-state index is -1.44. The Morgan fingerprint density at radius 3 is 2.80 bits per heavy atom. The second-order valence-electron chi connectivity index (χ2n) is 3.20. The van der Waals surface area contributed by atoms with Crippen molar-refractivity contribution in [2.24, 2.45) is 0 Å². The number of anilines is 1. The zero-order chi connectivity index (χ0) is 11.0. The Balaban J connectivity index is 2.45. The van der Waals surface area contributed by atoms with Crippen molar-refractivity contribution in [1.82, 2.24) is 0 Å². The standard InChI is InChI=1S/C10H9NO4/c1-11-6-4-2-3-5-7(6)15-8(9(11)12)10(13)14/h2-5,8H,1H3,(H,13,14). The minimum absolute atomic E-state index is 0.409. The quantitative estimate of drug-likeness (QED) is 0.681. The van der Waals surface area contributed by atoms with E-state index < -0.39 is 18.0 Å². The zero-order valence-corrected chi connectivity index (χ0v) is 8.01. The van der Waals surface area contributed by atoms with E-state index in [0.717, 1.165) is 0 Å². The number of rotatable bonds is 1. The molecular formula is C10H9NO4. The first-order chi connectivity index (χ1) is 7.11. The lowest BCUT2D eigenvalue weighted by atomic mass is 10.2. The molecular weight excluding hydrogens is 198 g/mol. The molecule has 0 aromatic heterocycles. The number of carboxylic acids is 1. The lowest BCUT2D eigenvalue weighted by Gasteiger charge is -2.29. The minimum Gasteiger partial charge on any atom is -0.478 e. The predicted octanol–water partition coefficient (Wildman–Crippen LogP) is 0.495. The molecule has 2 rings (SSSR count). The van der Waals surface area contributed by atoms with Crippen molar-refractivity contribution in [2.45, 2.75) is 6.10 Å². The summed E-state index contributed by atoms with van der Waals surface area (Å²) < 4.78 is 5.09. The van der Waals surface area contributed by atoms with Crippen LogP contribution < -0.4 is 9.64 Å². The number of hydrogen-bond donors (Lipinski definition) is 1. The average Bonchev–Trinajstić information content (AvgIpc) is 2.23. The molecule has 1 aromatic rings. The van der Waals surface area contributed by atoms with Gasteiger partial charge in [0.05, 0.1) is 5.69 Å². The number of hydrogen-bond acceptors (Lipinski definition) is 3. The van der Waals surface area contributed by atoms with Gasteiger partial charge in [-0.3, -0.25) is 4.79 Å². The number of nitrogens with zero attached hydrogens (tertiary/aromatic N) is 1. The summed E-state index contributed by atoms with van der Waals surface area (Å²) in [5.74, 6) is -1.44. The highest BCUT2D eigenvalue weighted by atomic mass is 16.5. The Hall–Kier alpha value is -2.04. The van der Waals surface area contributed by atoms with E-state index in [1.54, 1.807) is 24.3 Å². The van der Waals surface area contributed by atoms with Crippen LogP contribution in [-0.2, 0) is 9.59 Å². The number of likely N-dealkylation sites (N-methyl/N-ethyl adjacent to an activating group) is 1. The van der Waals surface area contributed by atoms with Gasteiger partial charge >= 0.3 is 5.97 Å². The molecule has 78 valence electrons. The van der Waals surface area contributed by atoms with E-state index in [0.29, 0.717) is 11.4 Å². The van der Waals surface area contributed by atoms with Crippen LogP contribution in [0.15, 0.2) is 24.3 Å². The number of carbonyl (C=O) groups is 2. The number of para-hydroxylation sites is 2. The normalized spacial score (nSPS) is 19.4. The van der Waals surface area contributed by atoms with Gasteiger partial charge in [-0.05, 0) is 12.1 Å². The van der Waals surface area contributed by atoms with Crippen LogP contribution in [0.2, 0.25) is 0 Å². The summed E-state index contributed by atoms with van der Waals surface area (Å²) in [5, 5.41) is 8.78. The molecule has 1 aliphatic heterocycles. The number of carboxylic acid groups (broad SMARTS) is 1. The van der Waals surface area contributed by atoms with E-state index in [4.69, 9.17) is 9.84 Å². The second kappa shape index (κ2) is 3.27. The Bertz CT molecular complexity index is 429. The fraction of sp³-hybridized carbons (Fsp3) is 0.200. The summed E-state index contributed by atoms with van der Waals surface area (Å²) in [5.41, 5.74) is 0.583. The van der Waals surface area contributed by atoms with Crippen molar-refractivity contribution < 1.29 is 19.4 Å². The SMILES string of the molecule is CN1C(=O)C(C(=O)O)Oc2ccccc21. The van der Waals surface area contributed by atoms with Crippen molar-refractivity contribution in [3.05, 3.63) is 24.3 Å². The van der Waals surface area contributed by atoms with Crippen LogP contribution in [0.5, 0.6) is 5.75 Å². The number of amides is 1. The summed E-state index contributed by atoms with van der Waals surface area (Å²) in [6.45, 7) is 0. The van der Waals surface area contributed by atoms with Crippen LogP contribution in [0.25, 0.3) is 0 Å². The van der Waals surface area contributed by atoms with E-state index in [9.17, 15) is 9.59 Å². The third kappa shape index (κ3) is 1.41. The van der Waals surface area contributed by atoms with Crippen molar-refractivity contribution in [3.8, 4) is 5.75 Å². The number of ether oxygens (including phenoxy) is 1. The average molecular weight is 207 g/mol. The van der Waals surface area contributed by atoms with Gasteiger partial charge in [-0.15, -0.1) is 0 Å². The molecule has 1 unspecified atom stereocenters. The van der Waals surface area contributed by atoms with E-state index >= 15 is 0 Å². The molecule has 15 heavy (non-hydrogen) atoms. The summed E-state index contributed by atoms with van der Waals surface area (Å²) >= 11 is 0. The molecule has 5 heteroatoms. The van der Waals surface area contributed by atoms with Crippen molar-refractivity contribution in [3.63, 3.8) is 0 Å². The predicted molar refractivity (Wildman–Crippen MR) is 51.9 cm³/mol. The van der Waals surface area contributed by atoms with Crippen molar-refractivity contribution >= 4 is 17.6 Å². The number of aliphatic carboxylic acids is 1. The largest absolute Gasteiger partial charge is 0.478 e. The maximum absolute atomic E-state index is 11.5. The fourth-order valence-electron chi connectivity index (χ4n) is 1.46. The van der Waals surface area contributed by atoms with E-state index in [2.05, 4.69) is 0 Å². The van der Waals surface area contributed by atoms with Crippen molar-refractivity contribution in [1.29, 1.82) is 0 Å². The molecule has 0 spiro atoms. The number of benzene rings is 1. The van der Waals surface area contributed by atoms with Crippen LogP contribution in [0.1, 0.15) is 0 Å². The molecule has 1 aliphatic rings. The molecule has 1 atom stereocenters. The van der Waals surface area contributed by atoms with Crippen LogP contribution in [0, 0.1) is 0 Å². The Kier molecular flexibility index (Phi) is 2.07. The molecule has 1 aromatic carbocycles. The Labute approximate surface area is 85.9 Å². The highest BCUT2D eigenvalue weighted by Gasteiger charge is 2.37. The van der Waals surface area contributed by atoms with E-state index in [1.807, 2.05) is 0 Å². The summed E-state index contributed by atoms with van der Waals surface area (Å²) in [6.07, 6.45) is -1.44. The maximum Gasteiger partial charge on any atom is 0.354 e. The van der Waals surface area contributed by atoms with Crippen LogP contribution >= 0.6 is 0 Å². The van der Waals surface area contributed by atoms with E-state index in [-0.39, 0.29) is 0 Å². The van der Waals surface area contributed by atoms with Gasteiger partial charge in [0.25, 0.3) is 12.0 Å². The van der Waals surface area contributed by atoms with Gasteiger partial charge in [-0.1, -0.05) is 12.1 Å². The molecule has 0 saturated heterocycles. The van der Waals surface area contributed by atoms with Crippen LogP contribution in [-0.4, -0.2) is 30.1 Å². The topological polar surface area (TPSA) is 66.8 Å². The molecule has 1 N–H and O–H groups in total. The molecule has 0 fully saturated rings. The highest BCUT2D eigenvalue weighted by molar-refractivity contribution is 6.10. The monoisotopic (exact) mass is 207 g/mol. The first-order valence-electron chi connectivity index (χ1n) is 4.37. The van der Waals surface area contributed by atoms with Crippen LogP contribution in [0.4, 0.5) is 5.69 Å². The highest BCUT2D eigenvalue weighted by Crippen LogP contribution is 2.32. The van der Waals surface area contributed by atoms with Gasteiger partial charge < -0.3 is 14.7 Å². The van der Waals surface area contributed by atoms with Gasteiger partial charge in [0, 0.05) is 7.05 Å². The molecule has 1 heterocycles.